The Bertz CT molecular complexity index is 213. The molecule has 88 valence electrons. The van der Waals surface area contributed by atoms with Gasteiger partial charge in [-0.1, -0.05) is 27.7 Å². The van der Waals surface area contributed by atoms with E-state index >= 15 is 0 Å². The predicted octanol–water partition coefficient (Wildman–Crippen LogP) is 0.921. The lowest BCUT2D eigenvalue weighted by atomic mass is 10.1. The van der Waals surface area contributed by atoms with Gasteiger partial charge in [0.15, 0.2) is 0 Å². The van der Waals surface area contributed by atoms with Crippen molar-refractivity contribution in [2.24, 2.45) is 11.8 Å². The molecule has 0 atom stereocenters. The highest BCUT2D eigenvalue weighted by molar-refractivity contribution is 5.78. The summed E-state index contributed by atoms with van der Waals surface area (Å²) in [5, 5.41) is 5.49. The highest BCUT2D eigenvalue weighted by Gasteiger charge is 2.06. The molecule has 0 radical (unpaired) electrons. The molecule has 0 aromatic carbocycles. The maximum atomic E-state index is 11.2. The normalized spacial score (nSPS) is 10.5. The van der Waals surface area contributed by atoms with Gasteiger partial charge in [-0.2, -0.15) is 0 Å². The third-order valence-electron chi connectivity index (χ3n) is 1.86. The summed E-state index contributed by atoms with van der Waals surface area (Å²) in [5.41, 5.74) is 0. The standard InChI is InChI=1S/C11H22N2O2/c1-8(2)7-10(14)12-5-6-13-11(15)9(3)4/h8-9H,5-7H2,1-4H3,(H,12,14)(H,13,15). The minimum atomic E-state index is -0.00337. The molecule has 2 amide bonds. The van der Waals surface area contributed by atoms with E-state index in [4.69, 9.17) is 0 Å². The van der Waals surface area contributed by atoms with Crippen LogP contribution in [0.15, 0.2) is 0 Å². The lowest BCUT2D eigenvalue weighted by molar-refractivity contribution is -0.125. The Hall–Kier alpha value is -1.06. The van der Waals surface area contributed by atoms with Crippen LogP contribution in [0, 0.1) is 11.8 Å². The molecule has 0 bridgehead atoms. The van der Waals surface area contributed by atoms with Gasteiger partial charge < -0.3 is 10.6 Å². The first kappa shape index (κ1) is 13.9. The van der Waals surface area contributed by atoms with Gasteiger partial charge >= 0.3 is 0 Å². The zero-order valence-electron chi connectivity index (χ0n) is 10.1. The first-order valence-electron chi connectivity index (χ1n) is 5.48. The van der Waals surface area contributed by atoms with Crippen LogP contribution in [0.3, 0.4) is 0 Å². The number of carbonyl (C=O) groups excluding carboxylic acids is 2. The third kappa shape index (κ3) is 7.97. The van der Waals surface area contributed by atoms with E-state index in [-0.39, 0.29) is 17.7 Å². The van der Waals surface area contributed by atoms with Gasteiger partial charge in [0.2, 0.25) is 11.8 Å². The van der Waals surface area contributed by atoms with E-state index in [1.165, 1.54) is 0 Å². The van der Waals surface area contributed by atoms with Crippen LogP contribution in [0.2, 0.25) is 0 Å². The molecular weight excluding hydrogens is 192 g/mol. The number of hydrogen-bond acceptors (Lipinski definition) is 2. The predicted molar refractivity (Wildman–Crippen MR) is 60.3 cm³/mol. The van der Waals surface area contributed by atoms with Crippen LogP contribution in [0.4, 0.5) is 0 Å². The Morgan fingerprint density at radius 1 is 1.00 bits per heavy atom. The second-order valence-corrected chi connectivity index (χ2v) is 4.39. The van der Waals surface area contributed by atoms with Crippen molar-refractivity contribution in [1.29, 1.82) is 0 Å². The highest BCUT2D eigenvalue weighted by atomic mass is 16.2. The number of amides is 2. The average Bonchev–Trinajstić information content (AvgIpc) is 2.10. The van der Waals surface area contributed by atoms with E-state index in [9.17, 15) is 9.59 Å². The third-order valence-corrected chi connectivity index (χ3v) is 1.86. The first-order chi connectivity index (χ1) is 6.93. The second kappa shape index (κ2) is 7.26. The quantitative estimate of drug-likeness (QED) is 0.646. The molecule has 0 spiro atoms. The van der Waals surface area contributed by atoms with Crippen LogP contribution in [-0.2, 0) is 9.59 Å². The molecule has 0 aliphatic heterocycles. The van der Waals surface area contributed by atoms with E-state index in [0.717, 1.165) is 0 Å². The first-order valence-corrected chi connectivity index (χ1v) is 5.48. The lowest BCUT2D eigenvalue weighted by Gasteiger charge is -2.09. The van der Waals surface area contributed by atoms with Crippen LogP contribution in [0.25, 0.3) is 0 Å². The van der Waals surface area contributed by atoms with E-state index in [2.05, 4.69) is 10.6 Å². The maximum Gasteiger partial charge on any atom is 0.222 e. The number of hydrogen-bond donors (Lipinski definition) is 2. The molecule has 0 saturated carbocycles. The number of rotatable bonds is 6. The average molecular weight is 214 g/mol. The zero-order chi connectivity index (χ0) is 11.8. The van der Waals surface area contributed by atoms with Crippen molar-refractivity contribution in [3.63, 3.8) is 0 Å². The SMILES string of the molecule is CC(C)CC(=O)NCCNC(=O)C(C)C. The molecule has 0 aromatic rings. The van der Waals surface area contributed by atoms with E-state index < -0.39 is 0 Å². The van der Waals surface area contributed by atoms with Gasteiger partial charge in [-0.3, -0.25) is 9.59 Å². The summed E-state index contributed by atoms with van der Waals surface area (Å²) in [5.74, 6) is 0.434. The molecule has 15 heavy (non-hydrogen) atoms. The minimum absolute atomic E-state index is 0.00337. The van der Waals surface area contributed by atoms with Crippen molar-refractivity contribution >= 4 is 11.8 Å². The van der Waals surface area contributed by atoms with E-state index in [1.54, 1.807) is 0 Å². The monoisotopic (exact) mass is 214 g/mol. The van der Waals surface area contributed by atoms with Crippen LogP contribution >= 0.6 is 0 Å². The van der Waals surface area contributed by atoms with Gasteiger partial charge in [0, 0.05) is 25.4 Å². The van der Waals surface area contributed by atoms with Crippen LogP contribution in [0.1, 0.15) is 34.1 Å². The van der Waals surface area contributed by atoms with Gasteiger partial charge in [-0.05, 0) is 5.92 Å². The summed E-state index contributed by atoms with van der Waals surface area (Å²) in [6, 6.07) is 0. The highest BCUT2D eigenvalue weighted by Crippen LogP contribution is 1.97. The van der Waals surface area contributed by atoms with Crippen molar-refractivity contribution in [2.75, 3.05) is 13.1 Å². The summed E-state index contributed by atoms with van der Waals surface area (Å²) in [6.45, 7) is 8.68. The van der Waals surface area contributed by atoms with Crippen molar-refractivity contribution in [1.82, 2.24) is 10.6 Å². The summed E-state index contributed by atoms with van der Waals surface area (Å²) in [7, 11) is 0. The summed E-state index contributed by atoms with van der Waals surface area (Å²) >= 11 is 0. The van der Waals surface area contributed by atoms with Crippen LogP contribution in [0.5, 0.6) is 0 Å². The largest absolute Gasteiger partial charge is 0.354 e. The van der Waals surface area contributed by atoms with Gasteiger partial charge in [0.1, 0.15) is 0 Å². The lowest BCUT2D eigenvalue weighted by Crippen LogP contribution is -2.36. The molecule has 2 N–H and O–H groups in total. The summed E-state index contributed by atoms with van der Waals surface area (Å²) in [6.07, 6.45) is 0.540. The van der Waals surface area contributed by atoms with Gasteiger partial charge in [0.25, 0.3) is 0 Å². The molecule has 0 aromatic heterocycles. The number of carbonyl (C=O) groups is 2. The van der Waals surface area contributed by atoms with Crippen molar-refractivity contribution in [2.45, 2.75) is 34.1 Å². The Morgan fingerprint density at radius 2 is 1.53 bits per heavy atom. The molecule has 0 rings (SSSR count). The maximum absolute atomic E-state index is 11.2. The second-order valence-electron chi connectivity index (χ2n) is 4.39. The van der Waals surface area contributed by atoms with E-state index in [0.29, 0.717) is 25.4 Å². The fraction of sp³-hybridized carbons (Fsp3) is 0.818. The fourth-order valence-electron chi connectivity index (χ4n) is 1.03. The Balaban J connectivity index is 3.46. The Morgan fingerprint density at radius 3 is 2.00 bits per heavy atom. The molecule has 0 saturated heterocycles. The van der Waals surface area contributed by atoms with Crippen molar-refractivity contribution in [3.05, 3.63) is 0 Å². The van der Waals surface area contributed by atoms with Crippen molar-refractivity contribution < 1.29 is 9.59 Å². The molecule has 4 heteroatoms. The van der Waals surface area contributed by atoms with Crippen LogP contribution in [-0.4, -0.2) is 24.9 Å². The molecule has 0 fully saturated rings. The smallest absolute Gasteiger partial charge is 0.222 e. The van der Waals surface area contributed by atoms with Gasteiger partial charge in [-0.15, -0.1) is 0 Å². The van der Waals surface area contributed by atoms with Crippen molar-refractivity contribution in [3.8, 4) is 0 Å². The van der Waals surface area contributed by atoms with Crippen LogP contribution < -0.4 is 10.6 Å². The molecule has 0 heterocycles. The zero-order valence-corrected chi connectivity index (χ0v) is 10.1. The minimum Gasteiger partial charge on any atom is -0.354 e. The molecular formula is C11H22N2O2. The van der Waals surface area contributed by atoms with Gasteiger partial charge in [-0.25, -0.2) is 0 Å². The molecule has 4 nitrogen and oxygen atoms in total. The number of nitrogens with one attached hydrogen (secondary N) is 2. The molecule has 0 unspecified atom stereocenters. The molecule has 0 aliphatic rings. The molecule has 0 aliphatic carbocycles. The topological polar surface area (TPSA) is 58.2 Å². The Kier molecular flexibility index (Phi) is 6.75. The van der Waals surface area contributed by atoms with E-state index in [1.807, 2.05) is 27.7 Å². The summed E-state index contributed by atoms with van der Waals surface area (Å²) < 4.78 is 0. The summed E-state index contributed by atoms with van der Waals surface area (Å²) in [4.78, 5) is 22.3. The fourth-order valence-corrected chi connectivity index (χ4v) is 1.03. The van der Waals surface area contributed by atoms with Gasteiger partial charge in [0.05, 0.1) is 0 Å². The Labute approximate surface area is 91.8 Å².